The molecule has 1 aliphatic heterocycles. The van der Waals surface area contributed by atoms with E-state index in [0.29, 0.717) is 12.6 Å². The molecule has 1 saturated heterocycles. The Balaban J connectivity index is 1.43. The van der Waals surface area contributed by atoms with E-state index in [1.807, 2.05) is 6.92 Å². The van der Waals surface area contributed by atoms with Crippen LogP contribution in [0, 0.1) is 0 Å². The highest BCUT2D eigenvalue weighted by Gasteiger charge is 2.30. The fourth-order valence-electron chi connectivity index (χ4n) is 3.15. The van der Waals surface area contributed by atoms with Crippen molar-refractivity contribution < 1.29 is 17.9 Å². The molecule has 0 spiro atoms. The lowest BCUT2D eigenvalue weighted by Crippen LogP contribution is -2.48. The molecule has 0 atom stereocenters. The largest absolute Gasteiger partial charge is 0.476 e. The first-order chi connectivity index (χ1) is 14.5. The molecule has 0 radical (unpaired) electrons. The Labute approximate surface area is 178 Å². The van der Waals surface area contributed by atoms with Crippen LogP contribution >= 0.6 is 11.3 Å². The minimum Gasteiger partial charge on any atom is -0.476 e. The van der Waals surface area contributed by atoms with Crippen LogP contribution in [0.3, 0.4) is 0 Å². The maximum atomic E-state index is 12.6. The number of ether oxygens (including phenoxy) is 1. The summed E-state index contributed by atoms with van der Waals surface area (Å²) < 4.78 is 43.1. The van der Waals surface area contributed by atoms with Crippen LogP contribution in [0.2, 0.25) is 0 Å². The van der Waals surface area contributed by atoms with Crippen molar-refractivity contribution in [1.82, 2.24) is 15.6 Å². The van der Waals surface area contributed by atoms with Gasteiger partial charge in [-0.2, -0.15) is 13.2 Å². The molecule has 2 N–H and O–H groups in total. The first-order valence-corrected chi connectivity index (χ1v) is 10.8. The van der Waals surface area contributed by atoms with E-state index in [2.05, 4.69) is 43.0 Å². The zero-order valence-corrected chi connectivity index (χ0v) is 17.6. The molecule has 3 heterocycles. The Morgan fingerprint density at radius 2 is 2.10 bits per heavy atom. The Morgan fingerprint density at radius 3 is 2.70 bits per heavy atom. The second-order valence-corrected chi connectivity index (χ2v) is 7.78. The molecule has 0 aliphatic carbocycles. The van der Waals surface area contributed by atoms with E-state index >= 15 is 0 Å². The van der Waals surface area contributed by atoms with Crippen LogP contribution in [0.1, 0.15) is 25.3 Å². The van der Waals surface area contributed by atoms with E-state index in [0.717, 1.165) is 50.7 Å². The van der Waals surface area contributed by atoms with Crippen LogP contribution < -0.4 is 20.3 Å². The van der Waals surface area contributed by atoms with Gasteiger partial charge in [-0.1, -0.05) is 0 Å². The van der Waals surface area contributed by atoms with Crippen molar-refractivity contribution in [3.8, 4) is 5.88 Å². The number of aromatic nitrogens is 1. The molecule has 0 bridgehead atoms. The number of hydrogen-bond donors (Lipinski definition) is 2. The van der Waals surface area contributed by atoms with Crippen molar-refractivity contribution in [3.05, 3.63) is 41.4 Å². The monoisotopic (exact) mass is 441 g/mol. The Hall–Kier alpha value is -2.49. The number of piperidine rings is 1. The average Bonchev–Trinajstić information content (AvgIpc) is 3.26. The molecule has 0 aromatic carbocycles. The first kappa shape index (κ1) is 22.2. The van der Waals surface area contributed by atoms with Crippen molar-refractivity contribution in [2.45, 2.75) is 32.0 Å². The number of aliphatic imine (C=N–C) groups is 1. The lowest BCUT2D eigenvalue weighted by atomic mass is 10.1. The van der Waals surface area contributed by atoms with Crippen molar-refractivity contribution in [2.75, 3.05) is 37.7 Å². The van der Waals surface area contributed by atoms with Crippen molar-refractivity contribution >= 4 is 22.3 Å². The van der Waals surface area contributed by atoms with Gasteiger partial charge in [-0.05, 0) is 43.3 Å². The predicted octanol–water partition coefficient (Wildman–Crippen LogP) is 3.76. The Bertz CT molecular complexity index is 788. The third-order valence-corrected chi connectivity index (χ3v) is 5.60. The maximum Gasteiger partial charge on any atom is 0.417 e. The third-order valence-electron chi connectivity index (χ3n) is 4.67. The molecule has 2 aromatic heterocycles. The molecule has 30 heavy (non-hydrogen) atoms. The second-order valence-electron chi connectivity index (χ2n) is 6.85. The number of guanidine groups is 1. The van der Waals surface area contributed by atoms with Gasteiger partial charge in [0, 0.05) is 37.9 Å². The number of rotatable bonds is 7. The van der Waals surface area contributed by atoms with Gasteiger partial charge >= 0.3 is 6.18 Å². The fraction of sp³-hybridized carbons (Fsp3) is 0.500. The molecule has 0 unspecified atom stereocenters. The molecular weight excluding hydrogens is 415 g/mol. The normalized spacial score (nSPS) is 15.9. The van der Waals surface area contributed by atoms with Crippen LogP contribution in [-0.2, 0) is 6.18 Å². The van der Waals surface area contributed by atoms with Gasteiger partial charge in [-0.3, -0.25) is 0 Å². The maximum absolute atomic E-state index is 12.6. The van der Waals surface area contributed by atoms with E-state index in [1.54, 1.807) is 11.3 Å². The molecule has 0 amide bonds. The van der Waals surface area contributed by atoms with Crippen molar-refractivity contribution in [3.63, 3.8) is 0 Å². The van der Waals surface area contributed by atoms with Gasteiger partial charge < -0.3 is 20.3 Å². The number of alkyl halides is 3. The summed E-state index contributed by atoms with van der Waals surface area (Å²) in [7, 11) is 0. The summed E-state index contributed by atoms with van der Waals surface area (Å²) in [5.41, 5.74) is -0.795. The molecule has 3 rings (SSSR count). The SMILES string of the molecule is CCNC(=NCCOc1ccc(C(F)(F)F)cn1)NC1CCN(c2cccs2)CC1. The standard InChI is InChI=1S/C20H26F3N5OS/c1-2-24-19(27-16-7-10-28(11-8-16)18-4-3-13-30-18)25-9-12-29-17-6-5-15(14-26-17)20(21,22)23/h3-6,13-14,16H,2,7-12H2,1H3,(H2,24,25,27). The second kappa shape index (κ2) is 10.5. The molecule has 1 aliphatic rings. The fourth-order valence-corrected chi connectivity index (χ4v) is 3.93. The third kappa shape index (κ3) is 6.51. The van der Waals surface area contributed by atoms with Crippen molar-refractivity contribution in [1.29, 1.82) is 0 Å². The minimum atomic E-state index is -4.40. The summed E-state index contributed by atoms with van der Waals surface area (Å²) in [6, 6.07) is 6.74. The lowest BCUT2D eigenvalue weighted by Gasteiger charge is -2.33. The van der Waals surface area contributed by atoms with Gasteiger partial charge in [0.15, 0.2) is 5.96 Å². The molecule has 0 saturated carbocycles. The highest BCUT2D eigenvalue weighted by Crippen LogP contribution is 2.29. The number of hydrogen-bond acceptors (Lipinski definition) is 5. The highest BCUT2D eigenvalue weighted by atomic mass is 32.1. The summed E-state index contributed by atoms with van der Waals surface area (Å²) in [6.45, 7) is 5.33. The summed E-state index contributed by atoms with van der Waals surface area (Å²) in [4.78, 5) is 10.6. The molecule has 10 heteroatoms. The van der Waals surface area contributed by atoms with Crippen LogP contribution in [0.15, 0.2) is 40.8 Å². The van der Waals surface area contributed by atoms with Gasteiger partial charge in [-0.25, -0.2) is 9.98 Å². The highest BCUT2D eigenvalue weighted by molar-refractivity contribution is 7.14. The summed E-state index contributed by atoms with van der Waals surface area (Å²) >= 11 is 1.76. The van der Waals surface area contributed by atoms with E-state index in [4.69, 9.17) is 4.74 Å². The van der Waals surface area contributed by atoms with Crippen LogP contribution in [0.4, 0.5) is 18.2 Å². The predicted molar refractivity (Wildman–Crippen MR) is 113 cm³/mol. The number of anilines is 1. The van der Waals surface area contributed by atoms with E-state index in [-0.39, 0.29) is 12.5 Å². The topological polar surface area (TPSA) is 61.8 Å². The molecule has 6 nitrogen and oxygen atoms in total. The number of thiophene rings is 1. The number of pyridine rings is 1. The lowest BCUT2D eigenvalue weighted by molar-refractivity contribution is -0.137. The summed E-state index contributed by atoms with van der Waals surface area (Å²) in [6.07, 6.45) is -1.59. The first-order valence-electron chi connectivity index (χ1n) is 9.95. The zero-order chi connectivity index (χ0) is 21.4. The molecule has 164 valence electrons. The summed E-state index contributed by atoms with van der Waals surface area (Å²) in [5.74, 6) is 0.869. The van der Waals surface area contributed by atoms with Crippen LogP contribution in [-0.4, -0.2) is 49.8 Å². The molecular formula is C20H26F3N5OS. The van der Waals surface area contributed by atoms with Crippen molar-refractivity contribution in [2.24, 2.45) is 4.99 Å². The Kier molecular flexibility index (Phi) is 7.78. The van der Waals surface area contributed by atoms with Crippen LogP contribution in [0.5, 0.6) is 5.88 Å². The van der Waals surface area contributed by atoms with E-state index in [1.165, 1.54) is 11.1 Å². The smallest absolute Gasteiger partial charge is 0.417 e. The number of halogens is 3. The molecule has 1 fully saturated rings. The van der Waals surface area contributed by atoms with Gasteiger partial charge in [0.2, 0.25) is 5.88 Å². The van der Waals surface area contributed by atoms with Gasteiger partial charge in [0.25, 0.3) is 0 Å². The van der Waals surface area contributed by atoms with Gasteiger partial charge in [0.05, 0.1) is 17.1 Å². The van der Waals surface area contributed by atoms with E-state index < -0.39 is 11.7 Å². The van der Waals surface area contributed by atoms with E-state index in [9.17, 15) is 13.2 Å². The number of nitrogens with one attached hydrogen (secondary N) is 2. The van der Waals surface area contributed by atoms with Gasteiger partial charge in [-0.15, -0.1) is 11.3 Å². The molecule has 2 aromatic rings. The summed E-state index contributed by atoms with van der Waals surface area (Å²) in [5, 5.41) is 10.1. The minimum absolute atomic E-state index is 0.150. The quantitative estimate of drug-likeness (QED) is 0.389. The zero-order valence-electron chi connectivity index (χ0n) is 16.8. The average molecular weight is 442 g/mol. The Morgan fingerprint density at radius 1 is 1.30 bits per heavy atom. The number of nitrogens with zero attached hydrogens (tertiary/aromatic N) is 3. The van der Waals surface area contributed by atoms with Gasteiger partial charge in [0.1, 0.15) is 6.61 Å². The van der Waals surface area contributed by atoms with Crippen LogP contribution in [0.25, 0.3) is 0 Å².